The summed E-state index contributed by atoms with van der Waals surface area (Å²) in [7, 11) is 0. The second-order valence-electron chi connectivity index (χ2n) is 11.6. The first kappa shape index (κ1) is 28.2. The highest BCUT2D eigenvalue weighted by molar-refractivity contribution is 6.31. The molecule has 0 spiro atoms. The molecular weight excluding hydrogens is 563 g/mol. The molecule has 13 heteroatoms. The maximum Gasteiger partial charge on any atom is 0.392 e. The fourth-order valence-electron chi connectivity index (χ4n) is 6.12. The van der Waals surface area contributed by atoms with Crippen LogP contribution in [0, 0.1) is 11.3 Å². The number of morpholine rings is 1. The van der Waals surface area contributed by atoms with Crippen LogP contribution in [0.25, 0.3) is 16.7 Å². The standard InChI is InChI=1S/C28H31ClF3N5O4/c1-26(13-21(26)28(30,31)32)25(39)35-9-6-27(40,7-10-35)15-36-16-34-23-19(24(36)38)12-22(29)37(23)18-4-2-17(3-5-18)20-14-41-11-8-33-20/h2-5,12,16,20-21,33,40H,6-11,13-15H2,1H3/t20-,21-,26-/m1/s1. The minimum absolute atomic E-state index is 0.0623. The van der Waals surface area contributed by atoms with E-state index in [1.807, 2.05) is 24.3 Å². The first-order valence-corrected chi connectivity index (χ1v) is 14.0. The third-order valence-corrected chi connectivity index (χ3v) is 9.06. The Kier molecular flexibility index (Phi) is 6.95. The lowest BCUT2D eigenvalue weighted by Crippen LogP contribution is -2.51. The van der Waals surface area contributed by atoms with Crippen molar-refractivity contribution in [2.45, 2.75) is 50.6 Å². The van der Waals surface area contributed by atoms with Crippen molar-refractivity contribution in [3.8, 4) is 5.69 Å². The topological polar surface area (TPSA) is 102 Å². The van der Waals surface area contributed by atoms with E-state index >= 15 is 0 Å². The monoisotopic (exact) mass is 593 g/mol. The van der Waals surface area contributed by atoms with Crippen LogP contribution in [0.15, 0.2) is 41.5 Å². The molecule has 1 saturated carbocycles. The molecule has 0 unspecified atom stereocenters. The molecule has 9 nitrogen and oxygen atoms in total. The number of aromatic nitrogens is 3. The van der Waals surface area contributed by atoms with Crippen molar-refractivity contribution in [3.63, 3.8) is 0 Å². The predicted octanol–water partition coefficient (Wildman–Crippen LogP) is 3.44. The number of fused-ring (bicyclic) bond motifs is 1. The normalized spacial score (nSPS) is 26.3. The first-order chi connectivity index (χ1) is 19.4. The number of carbonyl (C=O) groups excluding carboxylic acids is 1. The second-order valence-corrected chi connectivity index (χ2v) is 12.0. The van der Waals surface area contributed by atoms with Crippen LogP contribution in [-0.2, 0) is 16.1 Å². The van der Waals surface area contributed by atoms with Gasteiger partial charge in [0, 0.05) is 25.3 Å². The van der Waals surface area contributed by atoms with Gasteiger partial charge >= 0.3 is 6.18 Å². The van der Waals surface area contributed by atoms with Crippen LogP contribution >= 0.6 is 11.6 Å². The van der Waals surface area contributed by atoms with Gasteiger partial charge in [-0.1, -0.05) is 30.7 Å². The van der Waals surface area contributed by atoms with Crippen molar-refractivity contribution in [3.05, 3.63) is 57.7 Å². The van der Waals surface area contributed by atoms with E-state index in [4.69, 9.17) is 16.3 Å². The molecule has 41 heavy (non-hydrogen) atoms. The van der Waals surface area contributed by atoms with Crippen molar-refractivity contribution < 1.29 is 27.8 Å². The van der Waals surface area contributed by atoms with Crippen LogP contribution in [0.3, 0.4) is 0 Å². The number of benzene rings is 1. The van der Waals surface area contributed by atoms with Crippen LogP contribution in [0.1, 0.15) is 37.8 Å². The zero-order valence-electron chi connectivity index (χ0n) is 22.5. The average Bonchev–Trinajstić information content (AvgIpc) is 3.56. The van der Waals surface area contributed by atoms with E-state index < -0.39 is 29.0 Å². The maximum absolute atomic E-state index is 13.4. The molecule has 3 aliphatic rings. The number of carbonyl (C=O) groups is 1. The molecule has 3 aromatic rings. The average molecular weight is 594 g/mol. The van der Waals surface area contributed by atoms with Crippen LogP contribution in [0.4, 0.5) is 13.2 Å². The Hall–Kier alpha value is -2.93. The van der Waals surface area contributed by atoms with Gasteiger partial charge in [0.25, 0.3) is 5.56 Å². The van der Waals surface area contributed by atoms with Crippen molar-refractivity contribution in [2.75, 3.05) is 32.8 Å². The summed E-state index contributed by atoms with van der Waals surface area (Å²) in [6, 6.07) is 9.41. The van der Waals surface area contributed by atoms with Gasteiger partial charge in [-0.2, -0.15) is 13.2 Å². The molecule has 0 radical (unpaired) electrons. The van der Waals surface area contributed by atoms with Gasteiger partial charge in [-0.05, 0) is 43.0 Å². The van der Waals surface area contributed by atoms with Crippen molar-refractivity contribution in [1.29, 1.82) is 0 Å². The van der Waals surface area contributed by atoms with E-state index in [0.717, 1.165) is 17.8 Å². The number of rotatable bonds is 5. The van der Waals surface area contributed by atoms with E-state index in [9.17, 15) is 27.9 Å². The number of hydrogen-bond acceptors (Lipinski definition) is 6. The zero-order valence-corrected chi connectivity index (χ0v) is 23.2. The smallest absolute Gasteiger partial charge is 0.388 e. The first-order valence-electron chi connectivity index (χ1n) is 13.7. The van der Waals surface area contributed by atoms with E-state index in [-0.39, 0.29) is 50.5 Å². The van der Waals surface area contributed by atoms with Gasteiger partial charge in [-0.15, -0.1) is 0 Å². The summed E-state index contributed by atoms with van der Waals surface area (Å²) in [5, 5.41) is 15.3. The fourth-order valence-corrected chi connectivity index (χ4v) is 6.41. The van der Waals surface area contributed by atoms with E-state index in [0.29, 0.717) is 29.4 Å². The molecule has 1 aliphatic carbocycles. The minimum atomic E-state index is -4.40. The second kappa shape index (κ2) is 10.1. The highest BCUT2D eigenvalue weighted by atomic mass is 35.5. The lowest BCUT2D eigenvalue weighted by molar-refractivity contribution is -0.165. The quantitative estimate of drug-likeness (QED) is 0.470. The lowest BCUT2D eigenvalue weighted by Gasteiger charge is -2.39. The molecule has 3 atom stereocenters. The Morgan fingerprint density at radius 2 is 1.95 bits per heavy atom. The predicted molar refractivity (Wildman–Crippen MR) is 145 cm³/mol. The third kappa shape index (κ3) is 5.15. The molecule has 2 saturated heterocycles. The molecule has 3 fully saturated rings. The molecule has 220 valence electrons. The van der Waals surface area contributed by atoms with Crippen LogP contribution in [0.2, 0.25) is 5.15 Å². The molecule has 2 aromatic heterocycles. The summed E-state index contributed by atoms with van der Waals surface area (Å²) in [4.78, 5) is 32.1. The number of likely N-dealkylation sites (tertiary alicyclic amines) is 1. The molecule has 1 aromatic carbocycles. The minimum Gasteiger partial charge on any atom is -0.388 e. The van der Waals surface area contributed by atoms with Crippen molar-refractivity contribution in [2.24, 2.45) is 11.3 Å². The van der Waals surface area contributed by atoms with Crippen LogP contribution < -0.4 is 10.9 Å². The van der Waals surface area contributed by atoms with Gasteiger partial charge in [0.15, 0.2) is 5.65 Å². The Morgan fingerprint density at radius 1 is 1.24 bits per heavy atom. The Bertz CT molecular complexity index is 1520. The summed E-state index contributed by atoms with van der Waals surface area (Å²) in [5.41, 5.74) is -0.934. The van der Waals surface area contributed by atoms with E-state index in [1.165, 1.54) is 22.7 Å². The van der Waals surface area contributed by atoms with Gasteiger partial charge in [-0.3, -0.25) is 18.7 Å². The van der Waals surface area contributed by atoms with Gasteiger partial charge in [0.2, 0.25) is 5.91 Å². The molecule has 1 amide bonds. The van der Waals surface area contributed by atoms with Gasteiger partial charge in [-0.25, -0.2) is 4.98 Å². The maximum atomic E-state index is 13.4. The summed E-state index contributed by atoms with van der Waals surface area (Å²) >= 11 is 6.55. The summed E-state index contributed by atoms with van der Waals surface area (Å²) in [5.74, 6) is -2.16. The van der Waals surface area contributed by atoms with E-state index in [1.54, 1.807) is 10.6 Å². The number of aliphatic hydroxyl groups is 1. The van der Waals surface area contributed by atoms with Gasteiger partial charge in [0.1, 0.15) is 11.5 Å². The van der Waals surface area contributed by atoms with Gasteiger partial charge < -0.3 is 20.1 Å². The third-order valence-electron chi connectivity index (χ3n) is 8.78. The zero-order chi connectivity index (χ0) is 29.2. The van der Waals surface area contributed by atoms with Crippen molar-refractivity contribution in [1.82, 2.24) is 24.3 Å². The summed E-state index contributed by atoms with van der Waals surface area (Å²) in [6.45, 7) is 3.57. The Balaban J connectivity index is 1.16. The van der Waals surface area contributed by atoms with Crippen molar-refractivity contribution >= 4 is 28.5 Å². The number of halogens is 4. The Morgan fingerprint density at radius 3 is 2.56 bits per heavy atom. The number of hydrogen-bond donors (Lipinski definition) is 2. The fraction of sp³-hybridized carbons (Fsp3) is 0.536. The lowest BCUT2D eigenvalue weighted by atomic mass is 9.90. The summed E-state index contributed by atoms with van der Waals surface area (Å²) < 4.78 is 47.9. The molecule has 0 bridgehead atoms. The molecular formula is C28H31ClF3N5O4. The SMILES string of the molecule is C[C@@]1(C(=O)N2CCC(O)(Cn3cnc4c(cc(Cl)n4-c4ccc([C@H]5COCCN5)cc4)c3=O)CC2)C[C@H]1C(F)(F)F. The number of nitrogens with zero attached hydrogens (tertiary/aromatic N) is 4. The number of amides is 1. The number of ether oxygens (including phenoxy) is 1. The number of alkyl halides is 3. The number of piperidine rings is 1. The summed E-state index contributed by atoms with van der Waals surface area (Å²) in [6.07, 6.45) is -2.99. The van der Waals surface area contributed by atoms with Crippen LogP contribution in [-0.4, -0.2) is 74.7 Å². The Labute approximate surface area is 238 Å². The highest BCUT2D eigenvalue weighted by Gasteiger charge is 2.68. The molecule has 2 N–H and O–H groups in total. The van der Waals surface area contributed by atoms with E-state index in [2.05, 4.69) is 10.3 Å². The van der Waals surface area contributed by atoms with Gasteiger partial charge in [0.05, 0.1) is 48.1 Å². The van der Waals surface area contributed by atoms with Crippen LogP contribution in [0.5, 0.6) is 0 Å². The molecule has 4 heterocycles. The molecule has 2 aliphatic heterocycles. The largest absolute Gasteiger partial charge is 0.392 e. The molecule has 6 rings (SSSR count). The number of nitrogens with one attached hydrogen (secondary N) is 1. The highest BCUT2D eigenvalue weighted by Crippen LogP contribution is 2.61.